The first-order chi connectivity index (χ1) is 6.57. The van der Waals surface area contributed by atoms with Gasteiger partial charge in [-0.05, 0) is 24.5 Å². The zero-order valence-corrected chi connectivity index (χ0v) is 8.85. The van der Waals surface area contributed by atoms with E-state index in [1.165, 1.54) is 6.92 Å². The minimum Gasteiger partial charge on any atom is -0.297 e. The lowest BCUT2D eigenvalue weighted by molar-refractivity contribution is -0.111. The van der Waals surface area contributed by atoms with E-state index in [2.05, 4.69) is 0 Å². The van der Waals surface area contributed by atoms with Gasteiger partial charge in [-0.1, -0.05) is 25.1 Å². The Kier molecular flexibility index (Phi) is 3.18. The van der Waals surface area contributed by atoms with Crippen LogP contribution in [0.5, 0.6) is 0 Å². The summed E-state index contributed by atoms with van der Waals surface area (Å²) in [6.07, 6.45) is 0.859. The molecule has 0 aliphatic heterocycles. The van der Waals surface area contributed by atoms with Crippen LogP contribution in [0.1, 0.15) is 30.5 Å². The zero-order valence-electron chi connectivity index (χ0n) is 8.85. The van der Waals surface area contributed by atoms with E-state index in [0.717, 1.165) is 23.1 Å². The van der Waals surface area contributed by atoms with E-state index in [1.54, 1.807) is 0 Å². The Labute approximate surface area is 84.5 Å². The summed E-state index contributed by atoms with van der Waals surface area (Å²) in [4.78, 5) is 11.1. The van der Waals surface area contributed by atoms with Crippen molar-refractivity contribution in [2.45, 2.75) is 27.2 Å². The Hall–Kier alpha value is -1.44. The van der Waals surface area contributed by atoms with Crippen molar-refractivity contribution in [3.8, 4) is 0 Å². The Morgan fingerprint density at radius 3 is 2.57 bits per heavy atom. The quantitative estimate of drug-likeness (QED) is 0.729. The van der Waals surface area contributed by atoms with Crippen LogP contribution in [0, 0.1) is 12.3 Å². The number of hydrogen-bond donors (Lipinski definition) is 1. The van der Waals surface area contributed by atoms with E-state index in [4.69, 9.17) is 5.41 Å². The number of nitrogens with one attached hydrogen (secondary N) is 1. The molecular weight excluding hydrogens is 174 g/mol. The fraction of sp³-hybridized carbons (Fsp3) is 0.333. The fourth-order valence-electron chi connectivity index (χ4n) is 1.60. The summed E-state index contributed by atoms with van der Waals surface area (Å²) < 4.78 is 0. The Morgan fingerprint density at radius 1 is 1.43 bits per heavy atom. The number of hydrogen-bond acceptors (Lipinski definition) is 2. The number of ketones is 1. The molecule has 1 rings (SSSR count). The van der Waals surface area contributed by atoms with Gasteiger partial charge in [0.05, 0.1) is 0 Å². The van der Waals surface area contributed by atoms with Crippen LogP contribution in [0.15, 0.2) is 18.2 Å². The van der Waals surface area contributed by atoms with Gasteiger partial charge in [-0.25, -0.2) is 0 Å². The van der Waals surface area contributed by atoms with Crippen LogP contribution >= 0.6 is 0 Å². The van der Waals surface area contributed by atoms with E-state index in [1.807, 2.05) is 32.0 Å². The molecule has 1 N–H and O–H groups in total. The molecule has 1 aromatic carbocycles. The number of benzene rings is 1. The first kappa shape index (κ1) is 10.6. The highest BCUT2D eigenvalue weighted by Gasteiger charge is 2.11. The van der Waals surface area contributed by atoms with Gasteiger partial charge in [-0.15, -0.1) is 0 Å². The van der Waals surface area contributed by atoms with Gasteiger partial charge in [-0.3, -0.25) is 10.2 Å². The largest absolute Gasteiger partial charge is 0.297 e. The standard InChI is InChI=1S/C12H15NO/c1-4-10-8(2)6-5-7-11(10)12(13)9(3)14/h5-7,13H,4H2,1-3H3. The number of rotatable bonds is 3. The summed E-state index contributed by atoms with van der Waals surface area (Å²) in [7, 11) is 0. The topological polar surface area (TPSA) is 40.9 Å². The Morgan fingerprint density at radius 2 is 2.07 bits per heavy atom. The maximum Gasteiger partial charge on any atom is 0.178 e. The van der Waals surface area contributed by atoms with Crippen molar-refractivity contribution in [1.82, 2.24) is 0 Å². The molecule has 1 aromatic rings. The molecule has 0 aliphatic rings. The molecule has 14 heavy (non-hydrogen) atoms. The van der Waals surface area contributed by atoms with Crippen molar-refractivity contribution in [2.24, 2.45) is 0 Å². The van der Waals surface area contributed by atoms with Crippen molar-refractivity contribution < 1.29 is 4.79 Å². The summed E-state index contributed by atoms with van der Waals surface area (Å²) in [6, 6.07) is 5.74. The lowest BCUT2D eigenvalue weighted by Gasteiger charge is -2.09. The van der Waals surface area contributed by atoms with Gasteiger partial charge in [0, 0.05) is 12.5 Å². The molecule has 2 nitrogen and oxygen atoms in total. The maximum atomic E-state index is 11.1. The van der Waals surface area contributed by atoms with Crippen molar-refractivity contribution in [3.05, 3.63) is 34.9 Å². The molecule has 0 aromatic heterocycles. The molecule has 0 unspecified atom stereocenters. The predicted octanol–water partition coefficient (Wildman–Crippen LogP) is 2.51. The third-order valence-electron chi connectivity index (χ3n) is 2.39. The number of Topliss-reactive ketones (excluding diaryl/α,β-unsaturated/α-hetero) is 1. The second-order valence-corrected chi connectivity index (χ2v) is 3.39. The molecule has 0 bridgehead atoms. The molecule has 0 radical (unpaired) electrons. The van der Waals surface area contributed by atoms with Crippen LogP contribution in [-0.4, -0.2) is 11.5 Å². The smallest absolute Gasteiger partial charge is 0.178 e. The van der Waals surface area contributed by atoms with Crippen LogP contribution in [0.25, 0.3) is 0 Å². The van der Waals surface area contributed by atoms with Gasteiger partial charge in [0.25, 0.3) is 0 Å². The fourth-order valence-corrected chi connectivity index (χ4v) is 1.60. The molecule has 0 saturated carbocycles. The molecular formula is C12H15NO. The molecule has 0 atom stereocenters. The minimum absolute atomic E-state index is 0.116. The average molecular weight is 189 g/mol. The zero-order chi connectivity index (χ0) is 10.7. The second kappa shape index (κ2) is 4.18. The lowest BCUT2D eigenvalue weighted by Crippen LogP contribution is -2.13. The van der Waals surface area contributed by atoms with Gasteiger partial charge in [0.1, 0.15) is 5.71 Å². The van der Waals surface area contributed by atoms with E-state index >= 15 is 0 Å². The number of carbonyl (C=O) groups is 1. The van der Waals surface area contributed by atoms with Crippen molar-refractivity contribution in [3.63, 3.8) is 0 Å². The molecule has 74 valence electrons. The maximum absolute atomic E-state index is 11.1. The summed E-state index contributed by atoms with van der Waals surface area (Å²) >= 11 is 0. The molecule has 0 amide bonds. The summed E-state index contributed by atoms with van der Waals surface area (Å²) in [5.41, 5.74) is 3.15. The van der Waals surface area contributed by atoms with Crippen molar-refractivity contribution in [2.75, 3.05) is 0 Å². The minimum atomic E-state index is -0.176. The van der Waals surface area contributed by atoms with E-state index in [0.29, 0.717) is 0 Å². The van der Waals surface area contributed by atoms with Crippen LogP contribution in [0.4, 0.5) is 0 Å². The SMILES string of the molecule is CCc1c(C)cccc1C(=N)C(C)=O. The highest BCUT2D eigenvalue weighted by molar-refractivity contribution is 6.44. The highest BCUT2D eigenvalue weighted by atomic mass is 16.1. The van der Waals surface area contributed by atoms with Crippen LogP contribution in [0.2, 0.25) is 0 Å². The molecule has 0 spiro atoms. The first-order valence-corrected chi connectivity index (χ1v) is 4.76. The van der Waals surface area contributed by atoms with Gasteiger partial charge >= 0.3 is 0 Å². The summed E-state index contributed by atoms with van der Waals surface area (Å²) in [5.74, 6) is -0.176. The highest BCUT2D eigenvalue weighted by Crippen LogP contribution is 2.15. The number of aryl methyl sites for hydroxylation is 1. The molecule has 0 heterocycles. The van der Waals surface area contributed by atoms with Crippen LogP contribution in [-0.2, 0) is 11.2 Å². The first-order valence-electron chi connectivity index (χ1n) is 4.76. The van der Waals surface area contributed by atoms with Crippen LogP contribution < -0.4 is 0 Å². The molecule has 0 aliphatic carbocycles. The van der Waals surface area contributed by atoms with Gasteiger partial charge in [-0.2, -0.15) is 0 Å². The lowest BCUT2D eigenvalue weighted by atomic mass is 9.95. The van der Waals surface area contributed by atoms with Gasteiger partial charge in [0.2, 0.25) is 0 Å². The van der Waals surface area contributed by atoms with E-state index in [-0.39, 0.29) is 11.5 Å². The van der Waals surface area contributed by atoms with E-state index in [9.17, 15) is 4.79 Å². The molecule has 0 fully saturated rings. The summed E-state index contributed by atoms with van der Waals surface area (Å²) in [5, 5.41) is 7.68. The third-order valence-corrected chi connectivity index (χ3v) is 2.39. The Balaban J connectivity index is 3.27. The predicted molar refractivity (Wildman–Crippen MR) is 58.1 cm³/mol. The average Bonchev–Trinajstić information content (AvgIpc) is 2.16. The van der Waals surface area contributed by atoms with Crippen molar-refractivity contribution in [1.29, 1.82) is 5.41 Å². The van der Waals surface area contributed by atoms with Crippen molar-refractivity contribution >= 4 is 11.5 Å². The van der Waals surface area contributed by atoms with Crippen LogP contribution in [0.3, 0.4) is 0 Å². The monoisotopic (exact) mass is 189 g/mol. The second-order valence-electron chi connectivity index (χ2n) is 3.39. The molecule has 0 saturated heterocycles. The van der Waals surface area contributed by atoms with Gasteiger partial charge in [0.15, 0.2) is 5.78 Å². The third kappa shape index (κ3) is 1.90. The van der Waals surface area contributed by atoms with E-state index < -0.39 is 0 Å². The normalized spacial score (nSPS) is 9.93. The summed E-state index contributed by atoms with van der Waals surface area (Å²) in [6.45, 7) is 5.49. The molecule has 2 heteroatoms. The van der Waals surface area contributed by atoms with Gasteiger partial charge < -0.3 is 0 Å². The number of carbonyl (C=O) groups excluding carboxylic acids is 1. The Bertz CT molecular complexity index is 380.